The highest BCUT2D eigenvalue weighted by Gasteiger charge is 2.41. The van der Waals surface area contributed by atoms with Gasteiger partial charge in [0.1, 0.15) is 5.75 Å². The summed E-state index contributed by atoms with van der Waals surface area (Å²) >= 11 is 0. The van der Waals surface area contributed by atoms with Crippen molar-refractivity contribution in [2.75, 3.05) is 7.11 Å². The van der Waals surface area contributed by atoms with Crippen molar-refractivity contribution in [3.8, 4) is 5.75 Å². The molecule has 1 aromatic carbocycles. The van der Waals surface area contributed by atoms with E-state index in [0.717, 1.165) is 31.4 Å². The van der Waals surface area contributed by atoms with E-state index in [1.54, 1.807) is 7.11 Å². The van der Waals surface area contributed by atoms with Gasteiger partial charge in [0.05, 0.1) is 13.2 Å². The van der Waals surface area contributed by atoms with Crippen LogP contribution >= 0.6 is 0 Å². The molecule has 0 spiro atoms. The number of hydrogen-bond acceptors (Lipinski definition) is 3. The fourth-order valence-electron chi connectivity index (χ4n) is 3.04. The number of rotatable bonds is 3. The predicted octanol–water partition coefficient (Wildman–Crippen LogP) is 1.85. The molecule has 1 aliphatic heterocycles. The van der Waals surface area contributed by atoms with Gasteiger partial charge in [0, 0.05) is 6.04 Å². The molecule has 1 unspecified atom stereocenters. The Balaban J connectivity index is 1.71. The molecule has 2 aliphatic rings. The molecule has 0 saturated carbocycles. The molecule has 1 heterocycles. The van der Waals surface area contributed by atoms with Crippen molar-refractivity contribution in [3.63, 3.8) is 0 Å². The topological polar surface area (TPSA) is 50.9 Å². The number of epoxide rings is 1. The van der Waals surface area contributed by atoms with Crippen molar-refractivity contribution < 1.29 is 14.3 Å². The van der Waals surface area contributed by atoms with Crippen LogP contribution in [0.1, 0.15) is 30.9 Å². The van der Waals surface area contributed by atoms with E-state index in [0.29, 0.717) is 0 Å². The van der Waals surface area contributed by atoms with Gasteiger partial charge in [-0.3, -0.25) is 4.79 Å². The summed E-state index contributed by atoms with van der Waals surface area (Å²) in [6, 6.07) is 6.37. The zero-order valence-corrected chi connectivity index (χ0v) is 12.0. The second-order valence-corrected chi connectivity index (χ2v) is 5.66. The molecule has 1 aliphatic carbocycles. The highest BCUT2D eigenvalue weighted by Crippen LogP contribution is 2.29. The third-order valence-electron chi connectivity index (χ3n) is 4.21. The van der Waals surface area contributed by atoms with Crippen LogP contribution in [0.3, 0.4) is 0 Å². The number of methoxy groups -OCH3 is 1. The lowest BCUT2D eigenvalue weighted by Crippen LogP contribution is -2.39. The van der Waals surface area contributed by atoms with Gasteiger partial charge in [-0.2, -0.15) is 0 Å². The summed E-state index contributed by atoms with van der Waals surface area (Å²) in [7, 11) is 1.71. The Bertz CT molecular complexity index is 514. The Kier molecular flexibility index (Phi) is 3.66. The molecule has 3 rings (SSSR count). The quantitative estimate of drug-likeness (QED) is 0.676. The summed E-state index contributed by atoms with van der Waals surface area (Å²) in [6.45, 7) is 1.93. The van der Waals surface area contributed by atoms with Crippen LogP contribution in [0.5, 0.6) is 5.75 Å². The van der Waals surface area contributed by atoms with Gasteiger partial charge < -0.3 is 14.8 Å². The maximum atomic E-state index is 12.0. The van der Waals surface area contributed by atoms with E-state index >= 15 is 0 Å². The van der Waals surface area contributed by atoms with Crippen molar-refractivity contribution in [2.24, 2.45) is 0 Å². The molecule has 4 heteroatoms. The standard InChI is InChI=1S/C16H21NO3/c1-10-15(20-10)16(18)17-12-6-4-7-13-11(9-12)5-3-8-14(13)19-2/h3,5,8,10,12,15H,4,6-7,9H2,1-2H3,(H,17,18)/t10-,12?,15+/m0/s1. The van der Waals surface area contributed by atoms with Crippen molar-refractivity contribution in [1.82, 2.24) is 5.32 Å². The monoisotopic (exact) mass is 275 g/mol. The normalized spacial score (nSPS) is 28.2. The largest absolute Gasteiger partial charge is 0.496 e. The highest BCUT2D eigenvalue weighted by molar-refractivity contribution is 5.83. The first-order valence-electron chi connectivity index (χ1n) is 7.29. The molecule has 0 radical (unpaired) electrons. The molecule has 1 amide bonds. The number of amides is 1. The highest BCUT2D eigenvalue weighted by atomic mass is 16.6. The minimum Gasteiger partial charge on any atom is -0.496 e. The molecular weight excluding hydrogens is 254 g/mol. The molecule has 1 saturated heterocycles. The van der Waals surface area contributed by atoms with E-state index in [2.05, 4.69) is 11.4 Å². The first kappa shape index (κ1) is 13.4. The molecule has 1 aromatic rings. The molecule has 1 fully saturated rings. The van der Waals surface area contributed by atoms with Gasteiger partial charge in [-0.25, -0.2) is 0 Å². The van der Waals surface area contributed by atoms with Crippen LogP contribution in [0.25, 0.3) is 0 Å². The van der Waals surface area contributed by atoms with E-state index in [9.17, 15) is 4.79 Å². The third-order valence-corrected chi connectivity index (χ3v) is 4.21. The van der Waals surface area contributed by atoms with Crippen LogP contribution in [-0.4, -0.2) is 31.3 Å². The SMILES string of the molecule is COc1cccc2c1CCCC(NC(=O)[C@@H]1O[C@H]1C)C2. The van der Waals surface area contributed by atoms with Crippen molar-refractivity contribution in [3.05, 3.63) is 29.3 Å². The predicted molar refractivity (Wildman–Crippen MR) is 75.9 cm³/mol. The lowest BCUT2D eigenvalue weighted by Gasteiger charge is -2.16. The summed E-state index contributed by atoms with van der Waals surface area (Å²) in [5, 5.41) is 3.12. The zero-order valence-electron chi connectivity index (χ0n) is 12.0. The molecular formula is C16H21NO3. The van der Waals surface area contributed by atoms with Gasteiger partial charge in [-0.1, -0.05) is 12.1 Å². The molecule has 0 aromatic heterocycles. The number of ether oxygens (including phenoxy) is 2. The Hall–Kier alpha value is -1.55. The fourth-order valence-corrected chi connectivity index (χ4v) is 3.04. The van der Waals surface area contributed by atoms with Crippen LogP contribution in [0.4, 0.5) is 0 Å². The summed E-state index contributed by atoms with van der Waals surface area (Å²) in [6.07, 6.45) is 3.81. The minimum atomic E-state index is -0.233. The summed E-state index contributed by atoms with van der Waals surface area (Å²) in [4.78, 5) is 12.0. The number of fused-ring (bicyclic) bond motifs is 1. The summed E-state index contributed by atoms with van der Waals surface area (Å²) in [5.41, 5.74) is 2.58. The molecule has 20 heavy (non-hydrogen) atoms. The van der Waals surface area contributed by atoms with Gasteiger partial charge in [0.15, 0.2) is 6.10 Å². The van der Waals surface area contributed by atoms with Crippen LogP contribution in [0.15, 0.2) is 18.2 Å². The van der Waals surface area contributed by atoms with Crippen LogP contribution < -0.4 is 10.1 Å². The summed E-state index contributed by atoms with van der Waals surface area (Å²) < 4.78 is 10.7. The number of carbonyl (C=O) groups is 1. The maximum absolute atomic E-state index is 12.0. The molecule has 3 atom stereocenters. The Morgan fingerprint density at radius 1 is 1.45 bits per heavy atom. The lowest BCUT2D eigenvalue weighted by atomic mass is 10.0. The van der Waals surface area contributed by atoms with Crippen molar-refractivity contribution >= 4 is 5.91 Å². The number of nitrogens with one attached hydrogen (secondary N) is 1. The zero-order chi connectivity index (χ0) is 14.1. The van der Waals surface area contributed by atoms with Crippen molar-refractivity contribution in [2.45, 2.75) is 50.9 Å². The third kappa shape index (κ3) is 2.66. The maximum Gasteiger partial charge on any atom is 0.252 e. The van der Waals surface area contributed by atoms with Gasteiger partial charge in [-0.05, 0) is 49.8 Å². The van der Waals surface area contributed by atoms with Gasteiger partial charge in [0.2, 0.25) is 0 Å². The average molecular weight is 275 g/mol. The van der Waals surface area contributed by atoms with E-state index in [1.165, 1.54) is 11.1 Å². The number of carbonyl (C=O) groups excluding carboxylic acids is 1. The van der Waals surface area contributed by atoms with Crippen molar-refractivity contribution in [1.29, 1.82) is 0 Å². The number of hydrogen-bond donors (Lipinski definition) is 1. The fraction of sp³-hybridized carbons (Fsp3) is 0.562. The minimum absolute atomic E-state index is 0.0360. The second-order valence-electron chi connectivity index (χ2n) is 5.66. The summed E-state index contributed by atoms with van der Waals surface area (Å²) in [5.74, 6) is 1.00. The van der Waals surface area contributed by atoms with Gasteiger partial charge in [-0.15, -0.1) is 0 Å². The van der Waals surface area contributed by atoms with Gasteiger partial charge >= 0.3 is 0 Å². The molecule has 108 valence electrons. The lowest BCUT2D eigenvalue weighted by molar-refractivity contribution is -0.123. The van der Waals surface area contributed by atoms with Crippen LogP contribution in [0.2, 0.25) is 0 Å². The average Bonchev–Trinajstić information content (AvgIpc) is 3.19. The Morgan fingerprint density at radius 2 is 2.25 bits per heavy atom. The van der Waals surface area contributed by atoms with E-state index < -0.39 is 0 Å². The van der Waals surface area contributed by atoms with Crippen LogP contribution in [0, 0.1) is 0 Å². The molecule has 0 bridgehead atoms. The number of benzene rings is 1. The first-order valence-corrected chi connectivity index (χ1v) is 7.29. The van der Waals surface area contributed by atoms with Crippen LogP contribution in [-0.2, 0) is 22.4 Å². The van der Waals surface area contributed by atoms with E-state index in [-0.39, 0.29) is 24.2 Å². The Morgan fingerprint density at radius 3 is 2.95 bits per heavy atom. The van der Waals surface area contributed by atoms with Gasteiger partial charge in [0.25, 0.3) is 5.91 Å². The smallest absolute Gasteiger partial charge is 0.252 e. The molecule has 4 nitrogen and oxygen atoms in total. The van der Waals surface area contributed by atoms with E-state index in [1.807, 2.05) is 19.1 Å². The second kappa shape index (κ2) is 5.44. The first-order chi connectivity index (χ1) is 9.69. The Labute approximate surface area is 119 Å². The molecule has 1 N–H and O–H groups in total. The van der Waals surface area contributed by atoms with E-state index in [4.69, 9.17) is 9.47 Å².